The fraction of sp³-hybridized carbons (Fsp3) is 0.333. The molecule has 0 bridgehead atoms. The zero-order valence-corrected chi connectivity index (χ0v) is 16.3. The molecule has 0 radical (unpaired) electrons. The summed E-state index contributed by atoms with van der Waals surface area (Å²) in [6.45, 7) is 0.999. The largest absolute Gasteiger partial charge is 0.416 e. The molecule has 0 fully saturated rings. The van der Waals surface area contributed by atoms with E-state index in [1.807, 2.05) is 0 Å². The maximum atomic E-state index is 12.6. The number of hydrogen-bond acceptors (Lipinski definition) is 5. The van der Waals surface area contributed by atoms with Gasteiger partial charge in [0.25, 0.3) is 11.5 Å². The maximum Gasteiger partial charge on any atom is 0.416 e. The topological polar surface area (TPSA) is 105 Å². The first-order valence-electron chi connectivity index (χ1n) is 8.32. The molecule has 1 amide bonds. The van der Waals surface area contributed by atoms with Crippen LogP contribution in [0, 0.1) is 0 Å². The van der Waals surface area contributed by atoms with Crippen LogP contribution in [0.1, 0.15) is 18.9 Å². The van der Waals surface area contributed by atoms with Crippen LogP contribution in [0.2, 0.25) is 0 Å². The van der Waals surface area contributed by atoms with Crippen LogP contribution in [0.15, 0.2) is 47.4 Å². The molecule has 158 valence electrons. The Morgan fingerprint density at radius 1 is 1.14 bits per heavy atom. The Bertz CT molecular complexity index is 1060. The van der Waals surface area contributed by atoms with Crippen molar-refractivity contribution in [3.63, 3.8) is 0 Å². The third kappa shape index (κ3) is 4.85. The van der Waals surface area contributed by atoms with Gasteiger partial charge in [-0.25, -0.2) is 13.9 Å². The van der Waals surface area contributed by atoms with E-state index in [0.717, 1.165) is 25.3 Å². The monoisotopic (exact) mass is 432 g/mol. The SMILES string of the molecule is CC(CCn1ccc(-c2ccc(C(F)(F)F)cc2)cc1=O)(C(=O)NO)S(C)(=O)=O. The number of hydrogen-bond donors (Lipinski definition) is 2. The summed E-state index contributed by atoms with van der Waals surface area (Å²) in [5, 5.41) is 8.81. The predicted molar refractivity (Wildman–Crippen MR) is 98.9 cm³/mol. The molecular formula is C18H19F3N2O5S. The van der Waals surface area contributed by atoms with Gasteiger partial charge in [0.1, 0.15) is 0 Å². The van der Waals surface area contributed by atoms with Gasteiger partial charge in [-0.15, -0.1) is 0 Å². The van der Waals surface area contributed by atoms with E-state index < -0.39 is 37.8 Å². The summed E-state index contributed by atoms with van der Waals surface area (Å²) in [5.41, 5.74) is 0.783. The minimum atomic E-state index is -4.46. The Labute approximate surface area is 164 Å². The van der Waals surface area contributed by atoms with Gasteiger partial charge in [0.2, 0.25) is 0 Å². The minimum absolute atomic E-state index is 0.136. The van der Waals surface area contributed by atoms with Crippen molar-refractivity contribution in [1.82, 2.24) is 10.0 Å². The maximum absolute atomic E-state index is 12.6. The van der Waals surface area contributed by atoms with Crippen LogP contribution in [0.25, 0.3) is 11.1 Å². The molecule has 0 saturated heterocycles. The Morgan fingerprint density at radius 2 is 1.72 bits per heavy atom. The van der Waals surface area contributed by atoms with E-state index in [1.165, 1.54) is 40.5 Å². The number of nitrogens with one attached hydrogen (secondary N) is 1. The number of aryl methyl sites for hydroxylation is 1. The number of rotatable bonds is 6. The molecule has 2 rings (SSSR count). The van der Waals surface area contributed by atoms with Crippen molar-refractivity contribution in [2.75, 3.05) is 6.26 Å². The van der Waals surface area contributed by atoms with Crippen molar-refractivity contribution in [3.8, 4) is 11.1 Å². The van der Waals surface area contributed by atoms with Gasteiger partial charge in [-0.05, 0) is 42.7 Å². The average molecular weight is 432 g/mol. The molecule has 11 heteroatoms. The Kier molecular flexibility index (Phi) is 6.24. The number of benzene rings is 1. The number of pyridine rings is 1. The molecule has 1 aromatic heterocycles. The summed E-state index contributed by atoms with van der Waals surface area (Å²) in [6, 6.07) is 7.00. The van der Waals surface area contributed by atoms with Gasteiger partial charge in [0.05, 0.1) is 5.56 Å². The average Bonchev–Trinajstić information content (AvgIpc) is 2.64. The van der Waals surface area contributed by atoms with Gasteiger partial charge in [0, 0.05) is 25.1 Å². The first-order valence-corrected chi connectivity index (χ1v) is 10.2. The van der Waals surface area contributed by atoms with Crippen LogP contribution >= 0.6 is 0 Å². The Morgan fingerprint density at radius 3 is 2.17 bits per heavy atom. The van der Waals surface area contributed by atoms with Crippen LogP contribution in [-0.2, 0) is 27.4 Å². The summed E-state index contributed by atoms with van der Waals surface area (Å²) >= 11 is 0. The molecule has 1 heterocycles. The molecule has 1 aromatic carbocycles. The molecular weight excluding hydrogens is 413 g/mol. The zero-order chi connectivity index (χ0) is 22.0. The van der Waals surface area contributed by atoms with Crippen LogP contribution in [0.5, 0.6) is 0 Å². The van der Waals surface area contributed by atoms with E-state index in [0.29, 0.717) is 11.1 Å². The minimum Gasteiger partial charge on any atom is -0.315 e. The lowest BCUT2D eigenvalue weighted by Crippen LogP contribution is -2.49. The van der Waals surface area contributed by atoms with Crippen LogP contribution in [-0.4, -0.2) is 35.1 Å². The van der Waals surface area contributed by atoms with Crippen LogP contribution < -0.4 is 11.0 Å². The molecule has 7 nitrogen and oxygen atoms in total. The fourth-order valence-corrected chi connectivity index (χ4v) is 3.49. The van der Waals surface area contributed by atoms with Gasteiger partial charge in [0.15, 0.2) is 14.6 Å². The number of halogens is 3. The quantitative estimate of drug-likeness (QED) is 0.538. The lowest BCUT2D eigenvalue weighted by atomic mass is 10.0. The summed E-state index contributed by atoms with van der Waals surface area (Å²) in [4.78, 5) is 24.1. The number of hydroxylamine groups is 1. The molecule has 0 aliphatic rings. The molecule has 0 aliphatic heterocycles. The number of sulfone groups is 1. The molecule has 0 saturated carbocycles. The zero-order valence-electron chi connectivity index (χ0n) is 15.5. The van der Waals surface area contributed by atoms with Gasteiger partial charge in [-0.2, -0.15) is 13.2 Å². The van der Waals surface area contributed by atoms with Crippen molar-refractivity contribution in [1.29, 1.82) is 0 Å². The third-order valence-electron chi connectivity index (χ3n) is 4.77. The highest BCUT2D eigenvalue weighted by molar-refractivity contribution is 7.92. The van der Waals surface area contributed by atoms with Crippen molar-refractivity contribution >= 4 is 15.7 Å². The Balaban J connectivity index is 2.26. The number of aromatic nitrogens is 1. The van der Waals surface area contributed by atoms with E-state index in [2.05, 4.69) is 0 Å². The van der Waals surface area contributed by atoms with Crippen LogP contribution in [0.4, 0.5) is 13.2 Å². The van der Waals surface area contributed by atoms with Gasteiger partial charge in [-0.3, -0.25) is 14.8 Å². The first-order chi connectivity index (χ1) is 13.3. The van der Waals surface area contributed by atoms with Crippen LogP contribution in [0.3, 0.4) is 0 Å². The molecule has 0 spiro atoms. The highest BCUT2D eigenvalue weighted by Gasteiger charge is 2.43. The second kappa shape index (κ2) is 7.99. The molecule has 29 heavy (non-hydrogen) atoms. The molecule has 0 aliphatic carbocycles. The van der Waals surface area contributed by atoms with Gasteiger partial charge in [-0.1, -0.05) is 12.1 Å². The number of carbonyl (C=O) groups is 1. The summed E-state index contributed by atoms with van der Waals surface area (Å²) in [5.74, 6) is -1.12. The van der Waals surface area contributed by atoms with Crippen molar-refractivity contribution < 1.29 is 31.6 Å². The predicted octanol–water partition coefficient (Wildman–Crippen LogP) is 2.23. The highest BCUT2D eigenvalue weighted by Crippen LogP contribution is 2.30. The van der Waals surface area contributed by atoms with Gasteiger partial charge >= 0.3 is 6.18 Å². The van der Waals surface area contributed by atoms with E-state index in [9.17, 15) is 31.2 Å². The number of nitrogens with zero attached hydrogens (tertiary/aromatic N) is 1. The number of carbonyl (C=O) groups excluding carboxylic acids is 1. The standard InChI is InChI=1S/C18H19F3N2O5S/c1-17(16(25)22-26,29(2,27)28)8-10-23-9-7-13(11-15(23)24)12-3-5-14(6-4-12)18(19,20)21/h3-7,9,11,26H,8,10H2,1-2H3,(H,22,25). The molecule has 1 unspecified atom stereocenters. The fourth-order valence-electron chi connectivity index (χ4n) is 2.64. The van der Waals surface area contributed by atoms with E-state index in [1.54, 1.807) is 0 Å². The van der Waals surface area contributed by atoms with E-state index >= 15 is 0 Å². The summed E-state index contributed by atoms with van der Waals surface area (Å²) < 4.78 is 61.1. The lowest BCUT2D eigenvalue weighted by molar-refractivity contribution is -0.137. The van der Waals surface area contributed by atoms with Gasteiger partial charge < -0.3 is 4.57 Å². The first kappa shape index (κ1) is 22.6. The van der Waals surface area contributed by atoms with Crippen molar-refractivity contribution in [2.24, 2.45) is 0 Å². The highest BCUT2D eigenvalue weighted by atomic mass is 32.2. The van der Waals surface area contributed by atoms with E-state index in [4.69, 9.17) is 5.21 Å². The number of amides is 1. The summed E-state index contributed by atoms with van der Waals surface area (Å²) in [6.07, 6.45) is -2.54. The van der Waals surface area contributed by atoms with E-state index in [-0.39, 0.29) is 13.0 Å². The molecule has 2 N–H and O–H groups in total. The number of alkyl halides is 3. The lowest BCUT2D eigenvalue weighted by Gasteiger charge is -2.25. The Hall–Kier alpha value is -2.66. The van der Waals surface area contributed by atoms with Crippen molar-refractivity contribution in [2.45, 2.75) is 30.8 Å². The second-order valence-electron chi connectivity index (χ2n) is 6.72. The summed E-state index contributed by atoms with van der Waals surface area (Å²) in [7, 11) is -3.91. The third-order valence-corrected chi connectivity index (χ3v) is 6.80. The molecule has 1 atom stereocenters. The van der Waals surface area contributed by atoms with Crippen molar-refractivity contribution in [3.05, 3.63) is 58.5 Å². The second-order valence-corrected chi connectivity index (χ2v) is 9.16. The smallest absolute Gasteiger partial charge is 0.315 e. The molecule has 2 aromatic rings. The normalized spacial score (nSPS) is 14.3.